The first kappa shape index (κ1) is 16.6. The second kappa shape index (κ2) is 6.81. The predicted molar refractivity (Wildman–Crippen MR) is 107 cm³/mol. The van der Waals surface area contributed by atoms with Crippen LogP contribution in [0.3, 0.4) is 0 Å². The highest BCUT2D eigenvalue weighted by Gasteiger charge is 2.22. The van der Waals surface area contributed by atoms with Gasteiger partial charge in [0.15, 0.2) is 5.16 Å². The van der Waals surface area contributed by atoms with Crippen LogP contribution in [0.2, 0.25) is 0 Å². The molecule has 1 aliphatic carbocycles. The van der Waals surface area contributed by atoms with Crippen molar-refractivity contribution >= 4 is 33.4 Å². The highest BCUT2D eigenvalue weighted by atomic mass is 32.2. The number of benzene rings is 1. The molecule has 0 saturated carbocycles. The molecule has 0 amide bonds. The SMILES string of the molecule is C=C(C)Cn1c(SCc2ccccc2)nc2c(=O)c3c(sc21)CCC3. The molecular weight excluding hydrogens is 348 g/mol. The van der Waals surface area contributed by atoms with Gasteiger partial charge in [-0.1, -0.05) is 54.2 Å². The molecule has 1 aromatic carbocycles. The lowest BCUT2D eigenvalue weighted by Gasteiger charge is -2.08. The Labute approximate surface area is 155 Å². The molecule has 128 valence electrons. The van der Waals surface area contributed by atoms with Crippen LogP contribution in [0.15, 0.2) is 52.4 Å². The third kappa shape index (κ3) is 3.18. The maximum Gasteiger partial charge on any atom is 0.211 e. The number of rotatable bonds is 5. The van der Waals surface area contributed by atoms with E-state index in [9.17, 15) is 4.79 Å². The number of allylic oxidation sites excluding steroid dienone is 1. The largest absolute Gasteiger partial charge is 0.306 e. The van der Waals surface area contributed by atoms with Gasteiger partial charge in [-0.3, -0.25) is 4.79 Å². The number of aromatic nitrogens is 2. The molecule has 25 heavy (non-hydrogen) atoms. The summed E-state index contributed by atoms with van der Waals surface area (Å²) in [4.78, 5) is 19.8. The van der Waals surface area contributed by atoms with Crippen LogP contribution in [0.1, 0.15) is 29.3 Å². The van der Waals surface area contributed by atoms with Gasteiger partial charge in [0, 0.05) is 22.7 Å². The Bertz CT molecular complexity index is 1000. The molecule has 0 saturated heterocycles. The van der Waals surface area contributed by atoms with Gasteiger partial charge < -0.3 is 4.57 Å². The third-order valence-corrected chi connectivity index (χ3v) is 6.75. The summed E-state index contributed by atoms with van der Waals surface area (Å²) in [5.41, 5.74) is 4.11. The first-order chi connectivity index (χ1) is 12.1. The van der Waals surface area contributed by atoms with E-state index in [1.807, 2.05) is 13.0 Å². The van der Waals surface area contributed by atoms with Gasteiger partial charge in [0.1, 0.15) is 10.3 Å². The molecule has 0 bridgehead atoms. The van der Waals surface area contributed by atoms with Crippen molar-refractivity contribution in [3.05, 3.63) is 68.7 Å². The third-order valence-electron chi connectivity index (χ3n) is 4.40. The molecule has 0 N–H and O–H groups in total. The summed E-state index contributed by atoms with van der Waals surface area (Å²) in [7, 11) is 0. The standard InChI is InChI=1S/C20H20N2OS2/c1-13(2)11-22-19-17(18(23)15-9-6-10-16(15)25-19)21-20(22)24-12-14-7-4-3-5-8-14/h3-5,7-8H,1,6,9-12H2,2H3. The monoisotopic (exact) mass is 368 g/mol. The minimum Gasteiger partial charge on any atom is -0.306 e. The first-order valence-corrected chi connectivity index (χ1v) is 10.3. The van der Waals surface area contributed by atoms with E-state index in [-0.39, 0.29) is 5.43 Å². The molecule has 2 heterocycles. The number of aryl methyl sites for hydroxylation is 1. The van der Waals surface area contributed by atoms with Crippen molar-refractivity contribution in [2.24, 2.45) is 0 Å². The van der Waals surface area contributed by atoms with Gasteiger partial charge in [0.25, 0.3) is 0 Å². The van der Waals surface area contributed by atoms with Gasteiger partial charge in [0.2, 0.25) is 5.43 Å². The van der Waals surface area contributed by atoms with E-state index < -0.39 is 0 Å². The molecule has 0 fully saturated rings. The lowest BCUT2D eigenvalue weighted by atomic mass is 10.2. The summed E-state index contributed by atoms with van der Waals surface area (Å²) >= 11 is 3.44. The Hall–Kier alpha value is -1.85. The summed E-state index contributed by atoms with van der Waals surface area (Å²) < 4.78 is 2.18. The fraction of sp³-hybridized carbons (Fsp3) is 0.300. The van der Waals surface area contributed by atoms with Crippen LogP contribution in [0.4, 0.5) is 0 Å². The minimum absolute atomic E-state index is 0.142. The van der Waals surface area contributed by atoms with E-state index in [1.54, 1.807) is 23.1 Å². The molecule has 0 atom stereocenters. The fourth-order valence-electron chi connectivity index (χ4n) is 3.24. The number of hydrogen-bond acceptors (Lipinski definition) is 4. The number of fused-ring (bicyclic) bond motifs is 2. The quantitative estimate of drug-likeness (QED) is 0.478. The lowest BCUT2D eigenvalue weighted by Crippen LogP contribution is -2.08. The molecule has 2 aromatic heterocycles. The summed E-state index contributed by atoms with van der Waals surface area (Å²) in [6.45, 7) is 6.79. The van der Waals surface area contributed by atoms with Crippen LogP contribution < -0.4 is 5.43 Å². The molecule has 4 rings (SSSR count). The van der Waals surface area contributed by atoms with E-state index in [4.69, 9.17) is 4.98 Å². The van der Waals surface area contributed by atoms with Gasteiger partial charge >= 0.3 is 0 Å². The first-order valence-electron chi connectivity index (χ1n) is 8.49. The van der Waals surface area contributed by atoms with Crippen LogP contribution >= 0.6 is 23.1 Å². The van der Waals surface area contributed by atoms with Crippen LogP contribution in [0.25, 0.3) is 10.3 Å². The number of thioether (sulfide) groups is 1. The highest BCUT2D eigenvalue weighted by Crippen LogP contribution is 2.33. The summed E-state index contributed by atoms with van der Waals surface area (Å²) in [6.07, 6.45) is 3.01. The minimum atomic E-state index is 0.142. The molecular formula is C20H20N2OS2. The number of hydrogen-bond donors (Lipinski definition) is 0. The zero-order chi connectivity index (χ0) is 17.4. The molecule has 0 radical (unpaired) electrons. The Morgan fingerprint density at radius 1 is 1.32 bits per heavy atom. The Morgan fingerprint density at radius 3 is 2.88 bits per heavy atom. The second-order valence-electron chi connectivity index (χ2n) is 6.55. The van der Waals surface area contributed by atoms with Gasteiger partial charge in [-0.15, -0.1) is 11.3 Å². The zero-order valence-electron chi connectivity index (χ0n) is 14.2. The molecule has 1 aliphatic rings. The number of imidazole rings is 1. The molecule has 3 nitrogen and oxygen atoms in total. The van der Waals surface area contributed by atoms with Crippen molar-refractivity contribution in [3.8, 4) is 0 Å². The van der Waals surface area contributed by atoms with Crippen LogP contribution in [0, 0.1) is 0 Å². The van der Waals surface area contributed by atoms with Crippen molar-refractivity contribution < 1.29 is 0 Å². The summed E-state index contributed by atoms with van der Waals surface area (Å²) in [5.74, 6) is 0.846. The van der Waals surface area contributed by atoms with Crippen LogP contribution in [-0.4, -0.2) is 9.55 Å². The Kier molecular flexibility index (Phi) is 4.52. The fourth-order valence-corrected chi connectivity index (χ4v) is 5.55. The molecule has 0 unspecified atom stereocenters. The molecule has 0 spiro atoms. The maximum absolute atomic E-state index is 12.8. The topological polar surface area (TPSA) is 34.9 Å². The molecule has 5 heteroatoms. The van der Waals surface area contributed by atoms with Gasteiger partial charge in [0.05, 0.1) is 0 Å². The Balaban J connectivity index is 1.78. The van der Waals surface area contributed by atoms with Crippen molar-refractivity contribution in [2.45, 2.75) is 43.6 Å². The Morgan fingerprint density at radius 2 is 2.12 bits per heavy atom. The van der Waals surface area contributed by atoms with Gasteiger partial charge in [-0.2, -0.15) is 0 Å². The number of nitrogens with zero attached hydrogens (tertiary/aromatic N) is 2. The highest BCUT2D eigenvalue weighted by molar-refractivity contribution is 7.98. The molecule has 0 aliphatic heterocycles. The maximum atomic E-state index is 12.8. The molecule has 3 aromatic rings. The van der Waals surface area contributed by atoms with E-state index in [0.717, 1.165) is 46.1 Å². The van der Waals surface area contributed by atoms with Crippen molar-refractivity contribution in [1.82, 2.24) is 9.55 Å². The second-order valence-corrected chi connectivity index (χ2v) is 8.58. The van der Waals surface area contributed by atoms with Crippen molar-refractivity contribution in [3.63, 3.8) is 0 Å². The van der Waals surface area contributed by atoms with Crippen molar-refractivity contribution in [1.29, 1.82) is 0 Å². The normalized spacial score (nSPS) is 13.3. The van der Waals surface area contributed by atoms with E-state index in [0.29, 0.717) is 12.1 Å². The average molecular weight is 369 g/mol. The zero-order valence-corrected chi connectivity index (χ0v) is 15.9. The van der Waals surface area contributed by atoms with E-state index in [1.165, 1.54) is 10.4 Å². The van der Waals surface area contributed by atoms with Gasteiger partial charge in [-0.05, 0) is 31.7 Å². The van der Waals surface area contributed by atoms with E-state index >= 15 is 0 Å². The predicted octanol–water partition coefficient (Wildman–Crippen LogP) is 4.82. The van der Waals surface area contributed by atoms with Crippen LogP contribution in [0.5, 0.6) is 0 Å². The average Bonchev–Trinajstić information content (AvgIpc) is 3.20. The summed E-state index contributed by atoms with van der Waals surface area (Å²) in [6, 6.07) is 10.4. The summed E-state index contributed by atoms with van der Waals surface area (Å²) in [5, 5.41) is 0.916. The smallest absolute Gasteiger partial charge is 0.211 e. The van der Waals surface area contributed by atoms with E-state index in [2.05, 4.69) is 35.4 Å². The van der Waals surface area contributed by atoms with Gasteiger partial charge in [-0.25, -0.2) is 4.98 Å². The van der Waals surface area contributed by atoms with Crippen molar-refractivity contribution in [2.75, 3.05) is 0 Å². The van der Waals surface area contributed by atoms with Crippen LogP contribution in [-0.2, 0) is 25.1 Å². The lowest BCUT2D eigenvalue weighted by molar-refractivity contribution is 0.725.